The van der Waals surface area contributed by atoms with E-state index in [1.807, 2.05) is 23.1 Å². The van der Waals surface area contributed by atoms with Gasteiger partial charge in [-0.1, -0.05) is 19.8 Å². The molecule has 128 valence electrons. The van der Waals surface area contributed by atoms with Crippen LogP contribution in [0.25, 0.3) is 0 Å². The van der Waals surface area contributed by atoms with Crippen molar-refractivity contribution in [2.24, 2.45) is 0 Å². The van der Waals surface area contributed by atoms with Gasteiger partial charge in [0, 0.05) is 31.8 Å². The molecule has 0 N–H and O–H groups in total. The highest BCUT2D eigenvalue weighted by atomic mass is 16.3. The highest BCUT2D eigenvalue weighted by molar-refractivity contribution is 5.77. The lowest BCUT2D eigenvalue weighted by molar-refractivity contribution is -0.134. The number of hydrogen-bond acceptors (Lipinski definition) is 3. The van der Waals surface area contributed by atoms with Crippen molar-refractivity contribution in [2.75, 3.05) is 6.54 Å². The van der Waals surface area contributed by atoms with Gasteiger partial charge in [0.05, 0.1) is 6.04 Å². The van der Waals surface area contributed by atoms with Crippen LogP contribution in [-0.4, -0.2) is 22.3 Å². The van der Waals surface area contributed by atoms with E-state index in [0.717, 1.165) is 55.7 Å². The fraction of sp³-hybridized carbons (Fsp3) is 0.500. The zero-order valence-corrected chi connectivity index (χ0v) is 14.4. The molecule has 2 aromatic rings. The summed E-state index contributed by atoms with van der Waals surface area (Å²) < 4.78 is 5.97. The third kappa shape index (κ3) is 4.05. The number of hydrogen-bond donors (Lipinski definition) is 0. The molecular formula is C20H26N2O2. The molecule has 4 heteroatoms. The van der Waals surface area contributed by atoms with E-state index in [0.29, 0.717) is 6.42 Å². The molecule has 4 nitrogen and oxygen atoms in total. The molecule has 0 aromatic carbocycles. The van der Waals surface area contributed by atoms with E-state index in [-0.39, 0.29) is 11.9 Å². The van der Waals surface area contributed by atoms with Gasteiger partial charge in [-0.3, -0.25) is 9.78 Å². The van der Waals surface area contributed by atoms with Crippen molar-refractivity contribution in [1.29, 1.82) is 0 Å². The van der Waals surface area contributed by atoms with Crippen molar-refractivity contribution in [3.05, 3.63) is 53.7 Å². The summed E-state index contributed by atoms with van der Waals surface area (Å²) in [7, 11) is 0. The van der Waals surface area contributed by atoms with E-state index in [2.05, 4.69) is 18.0 Å². The minimum absolute atomic E-state index is 0.0951. The normalized spacial score (nSPS) is 18.4. The number of amides is 1. The number of carbonyl (C=O) groups excluding carboxylic acids is 1. The summed E-state index contributed by atoms with van der Waals surface area (Å²) >= 11 is 0. The molecule has 3 rings (SSSR count). The van der Waals surface area contributed by atoms with Crippen molar-refractivity contribution in [1.82, 2.24) is 9.88 Å². The molecule has 1 unspecified atom stereocenters. The van der Waals surface area contributed by atoms with Gasteiger partial charge in [0.15, 0.2) is 0 Å². The molecule has 24 heavy (non-hydrogen) atoms. The number of rotatable bonds is 5. The van der Waals surface area contributed by atoms with E-state index < -0.39 is 0 Å². The Bertz CT molecular complexity index is 651. The van der Waals surface area contributed by atoms with Crippen LogP contribution >= 0.6 is 0 Å². The molecule has 0 bridgehead atoms. The first-order chi connectivity index (χ1) is 11.8. The second-order valence-corrected chi connectivity index (χ2v) is 6.47. The minimum atomic E-state index is 0.0951. The van der Waals surface area contributed by atoms with Gasteiger partial charge in [-0.25, -0.2) is 0 Å². The summed E-state index contributed by atoms with van der Waals surface area (Å²) in [6.45, 7) is 2.93. The van der Waals surface area contributed by atoms with Crippen LogP contribution < -0.4 is 0 Å². The smallest absolute Gasteiger partial charge is 0.223 e. The third-order valence-electron chi connectivity index (χ3n) is 4.81. The molecule has 1 fully saturated rings. The fourth-order valence-corrected chi connectivity index (χ4v) is 3.41. The summed E-state index contributed by atoms with van der Waals surface area (Å²) in [6.07, 6.45) is 10.2. The van der Waals surface area contributed by atoms with Crippen LogP contribution in [-0.2, 0) is 17.6 Å². The number of furan rings is 1. The van der Waals surface area contributed by atoms with E-state index >= 15 is 0 Å². The molecule has 0 saturated carbocycles. The molecule has 0 spiro atoms. The van der Waals surface area contributed by atoms with E-state index in [9.17, 15) is 4.79 Å². The van der Waals surface area contributed by atoms with E-state index in [1.54, 1.807) is 12.4 Å². The fourth-order valence-electron chi connectivity index (χ4n) is 3.41. The molecule has 0 aliphatic carbocycles. The van der Waals surface area contributed by atoms with Crippen molar-refractivity contribution in [3.8, 4) is 0 Å². The number of carbonyl (C=O) groups is 1. The number of aromatic nitrogens is 1. The van der Waals surface area contributed by atoms with Crippen LogP contribution in [0.1, 0.15) is 62.2 Å². The second-order valence-electron chi connectivity index (χ2n) is 6.47. The zero-order chi connectivity index (χ0) is 16.8. The van der Waals surface area contributed by atoms with Gasteiger partial charge in [0.2, 0.25) is 5.91 Å². The Kier molecular flexibility index (Phi) is 5.68. The molecule has 1 aliphatic heterocycles. The minimum Gasteiger partial charge on any atom is -0.464 e. The molecule has 2 aromatic heterocycles. The Hall–Kier alpha value is -2.10. The highest BCUT2D eigenvalue weighted by Gasteiger charge is 2.28. The maximum Gasteiger partial charge on any atom is 0.223 e. The number of pyridine rings is 1. The van der Waals surface area contributed by atoms with Gasteiger partial charge in [-0.05, 0) is 49.1 Å². The van der Waals surface area contributed by atoms with Gasteiger partial charge >= 0.3 is 0 Å². The van der Waals surface area contributed by atoms with Crippen LogP contribution in [0.5, 0.6) is 0 Å². The van der Waals surface area contributed by atoms with E-state index in [1.165, 1.54) is 6.42 Å². The van der Waals surface area contributed by atoms with Crippen LogP contribution in [0, 0.1) is 0 Å². The molecule has 1 amide bonds. The Labute approximate surface area is 143 Å². The summed E-state index contributed by atoms with van der Waals surface area (Å²) in [5, 5.41) is 0. The summed E-state index contributed by atoms with van der Waals surface area (Å²) in [5.74, 6) is 2.18. The molecule has 0 radical (unpaired) electrons. The van der Waals surface area contributed by atoms with Crippen molar-refractivity contribution < 1.29 is 9.21 Å². The first kappa shape index (κ1) is 16.7. The van der Waals surface area contributed by atoms with Crippen LogP contribution in [0.3, 0.4) is 0 Å². The Morgan fingerprint density at radius 1 is 1.21 bits per heavy atom. The number of nitrogens with zero attached hydrogens (tertiary/aromatic N) is 2. The molecule has 3 heterocycles. The topological polar surface area (TPSA) is 46.3 Å². The predicted octanol–water partition coefficient (Wildman–Crippen LogP) is 4.31. The lowest BCUT2D eigenvalue weighted by Gasteiger charge is -2.29. The lowest BCUT2D eigenvalue weighted by atomic mass is 10.1. The van der Waals surface area contributed by atoms with Gasteiger partial charge in [0.25, 0.3) is 0 Å². The lowest BCUT2D eigenvalue weighted by Crippen LogP contribution is -2.34. The Morgan fingerprint density at radius 2 is 2.04 bits per heavy atom. The van der Waals surface area contributed by atoms with Crippen molar-refractivity contribution in [3.63, 3.8) is 0 Å². The summed E-state index contributed by atoms with van der Waals surface area (Å²) in [5.41, 5.74) is 1.16. The highest BCUT2D eigenvalue weighted by Crippen LogP contribution is 2.32. The molecule has 1 atom stereocenters. The van der Waals surface area contributed by atoms with Gasteiger partial charge in [0.1, 0.15) is 11.5 Å². The monoisotopic (exact) mass is 326 g/mol. The van der Waals surface area contributed by atoms with Crippen molar-refractivity contribution in [2.45, 2.75) is 57.9 Å². The predicted molar refractivity (Wildman–Crippen MR) is 93.6 cm³/mol. The van der Waals surface area contributed by atoms with Crippen LogP contribution in [0.15, 0.2) is 41.1 Å². The summed E-state index contributed by atoms with van der Waals surface area (Å²) in [4.78, 5) is 18.9. The number of likely N-dealkylation sites (tertiary alicyclic amines) is 1. The maximum absolute atomic E-state index is 12.9. The third-order valence-corrected chi connectivity index (χ3v) is 4.81. The summed E-state index contributed by atoms with van der Waals surface area (Å²) in [6, 6.07) is 8.15. The van der Waals surface area contributed by atoms with Crippen LogP contribution in [0.2, 0.25) is 0 Å². The standard InChI is InChI=1S/C20H26N2O2/c1-2-17-8-9-19(24-17)18-6-4-3-5-15-22(18)20(23)10-7-16-11-13-21-14-12-16/h8-9,11-14,18H,2-7,10,15H2,1H3. The average Bonchev–Trinajstić information content (AvgIpc) is 2.97. The largest absolute Gasteiger partial charge is 0.464 e. The first-order valence-electron chi connectivity index (χ1n) is 9.05. The van der Waals surface area contributed by atoms with Gasteiger partial charge in [-0.2, -0.15) is 0 Å². The second kappa shape index (κ2) is 8.13. The SMILES string of the molecule is CCc1ccc(C2CCCCCN2C(=O)CCc2ccncc2)o1. The first-order valence-corrected chi connectivity index (χ1v) is 9.05. The molecule has 1 saturated heterocycles. The Morgan fingerprint density at radius 3 is 2.79 bits per heavy atom. The van der Waals surface area contributed by atoms with Crippen LogP contribution in [0.4, 0.5) is 0 Å². The van der Waals surface area contributed by atoms with Crippen molar-refractivity contribution >= 4 is 5.91 Å². The van der Waals surface area contributed by atoms with E-state index in [4.69, 9.17) is 4.42 Å². The molecule has 1 aliphatic rings. The van der Waals surface area contributed by atoms with Gasteiger partial charge in [-0.15, -0.1) is 0 Å². The molecular weight excluding hydrogens is 300 g/mol. The average molecular weight is 326 g/mol. The van der Waals surface area contributed by atoms with Gasteiger partial charge < -0.3 is 9.32 Å². The number of aryl methyl sites for hydroxylation is 2. The Balaban J connectivity index is 1.70. The quantitative estimate of drug-likeness (QED) is 0.822. The maximum atomic E-state index is 12.9. The zero-order valence-electron chi connectivity index (χ0n) is 14.4.